The van der Waals surface area contributed by atoms with Gasteiger partial charge in [-0.2, -0.15) is 5.10 Å². The zero-order valence-corrected chi connectivity index (χ0v) is 5.08. The Hall–Kier alpha value is -0.990. The average Bonchev–Trinajstić information content (AvgIpc) is 2.33. The zero-order valence-electron chi connectivity index (χ0n) is 5.08. The summed E-state index contributed by atoms with van der Waals surface area (Å²) in [5, 5.41) is 4.05. The van der Waals surface area contributed by atoms with Gasteiger partial charge >= 0.3 is 0 Å². The molecule has 2 rings (SSSR count). The molecule has 9 heavy (non-hydrogen) atoms. The second-order valence-electron chi connectivity index (χ2n) is 2.09. The standard InChI is InChI=1S/C6H8N2O/c1-4-8-6(9-5-1)2-3-7-8/h2-3H,1,4-5H2. The predicted octanol–water partition coefficient (Wildman–Crippen LogP) is 0.666. The third-order valence-electron chi connectivity index (χ3n) is 1.44. The number of hydrogen-bond acceptors (Lipinski definition) is 2. The van der Waals surface area contributed by atoms with Gasteiger partial charge in [0, 0.05) is 19.0 Å². The van der Waals surface area contributed by atoms with E-state index >= 15 is 0 Å². The predicted molar refractivity (Wildman–Crippen MR) is 32.3 cm³/mol. The van der Waals surface area contributed by atoms with E-state index in [1.165, 1.54) is 0 Å². The first-order chi connectivity index (χ1) is 4.47. The molecule has 0 radical (unpaired) electrons. The van der Waals surface area contributed by atoms with Crippen LogP contribution in [0.1, 0.15) is 6.42 Å². The Bertz CT molecular complexity index is 186. The Morgan fingerprint density at radius 3 is 3.56 bits per heavy atom. The third-order valence-corrected chi connectivity index (χ3v) is 1.44. The minimum Gasteiger partial charge on any atom is -0.478 e. The fraction of sp³-hybridized carbons (Fsp3) is 0.500. The highest BCUT2D eigenvalue weighted by Crippen LogP contribution is 2.13. The highest BCUT2D eigenvalue weighted by Gasteiger charge is 2.07. The van der Waals surface area contributed by atoms with Crippen LogP contribution in [0.3, 0.4) is 0 Å². The quantitative estimate of drug-likeness (QED) is 0.508. The van der Waals surface area contributed by atoms with Crippen LogP contribution < -0.4 is 4.74 Å². The van der Waals surface area contributed by atoms with E-state index in [1.54, 1.807) is 6.20 Å². The molecule has 0 aliphatic carbocycles. The van der Waals surface area contributed by atoms with Crippen LogP contribution in [0.15, 0.2) is 12.3 Å². The lowest BCUT2D eigenvalue weighted by Crippen LogP contribution is -2.14. The second-order valence-corrected chi connectivity index (χ2v) is 2.09. The highest BCUT2D eigenvalue weighted by molar-refractivity contribution is 5.08. The topological polar surface area (TPSA) is 27.1 Å². The Morgan fingerprint density at radius 2 is 2.67 bits per heavy atom. The van der Waals surface area contributed by atoms with Gasteiger partial charge < -0.3 is 4.74 Å². The van der Waals surface area contributed by atoms with Crippen molar-refractivity contribution in [1.29, 1.82) is 0 Å². The average molecular weight is 124 g/mol. The van der Waals surface area contributed by atoms with Crippen LogP contribution >= 0.6 is 0 Å². The van der Waals surface area contributed by atoms with E-state index in [2.05, 4.69) is 5.10 Å². The largest absolute Gasteiger partial charge is 0.478 e. The van der Waals surface area contributed by atoms with Crippen molar-refractivity contribution < 1.29 is 4.74 Å². The lowest BCUT2D eigenvalue weighted by molar-refractivity contribution is 0.230. The number of nitrogens with zero attached hydrogens (tertiary/aromatic N) is 2. The fourth-order valence-corrected chi connectivity index (χ4v) is 1.00. The lowest BCUT2D eigenvalue weighted by Gasteiger charge is -2.13. The maximum absolute atomic E-state index is 5.26. The van der Waals surface area contributed by atoms with E-state index in [1.807, 2.05) is 10.7 Å². The van der Waals surface area contributed by atoms with Crippen molar-refractivity contribution in [2.75, 3.05) is 6.61 Å². The van der Waals surface area contributed by atoms with Crippen LogP contribution in [0.2, 0.25) is 0 Å². The molecule has 3 heteroatoms. The van der Waals surface area contributed by atoms with Crippen molar-refractivity contribution >= 4 is 0 Å². The summed E-state index contributed by atoms with van der Waals surface area (Å²) in [6.45, 7) is 1.84. The molecule has 0 saturated carbocycles. The smallest absolute Gasteiger partial charge is 0.211 e. The Kier molecular flexibility index (Phi) is 0.946. The number of fused-ring (bicyclic) bond motifs is 1. The van der Waals surface area contributed by atoms with Gasteiger partial charge in [0.25, 0.3) is 0 Å². The summed E-state index contributed by atoms with van der Waals surface area (Å²) in [4.78, 5) is 0. The molecule has 0 spiro atoms. The third kappa shape index (κ3) is 0.686. The van der Waals surface area contributed by atoms with Crippen molar-refractivity contribution in [2.45, 2.75) is 13.0 Å². The molecule has 0 unspecified atom stereocenters. The van der Waals surface area contributed by atoms with Crippen LogP contribution in [0, 0.1) is 0 Å². The van der Waals surface area contributed by atoms with Crippen LogP contribution in [-0.4, -0.2) is 16.4 Å². The van der Waals surface area contributed by atoms with Crippen LogP contribution in [0.25, 0.3) is 0 Å². The molecule has 3 nitrogen and oxygen atoms in total. The molecule has 48 valence electrons. The van der Waals surface area contributed by atoms with Gasteiger partial charge in [-0.3, -0.25) is 0 Å². The van der Waals surface area contributed by atoms with Crippen molar-refractivity contribution in [3.05, 3.63) is 12.3 Å². The molecule has 1 aromatic rings. The van der Waals surface area contributed by atoms with E-state index in [4.69, 9.17) is 4.74 Å². The number of aromatic nitrogens is 2. The van der Waals surface area contributed by atoms with E-state index in [0.29, 0.717) is 0 Å². The van der Waals surface area contributed by atoms with Crippen molar-refractivity contribution in [3.63, 3.8) is 0 Å². The molecule has 0 atom stereocenters. The van der Waals surface area contributed by atoms with E-state index in [0.717, 1.165) is 25.5 Å². The molecule has 0 N–H and O–H groups in total. The molecule has 0 saturated heterocycles. The zero-order chi connectivity index (χ0) is 6.10. The van der Waals surface area contributed by atoms with Gasteiger partial charge in [-0.1, -0.05) is 0 Å². The van der Waals surface area contributed by atoms with E-state index < -0.39 is 0 Å². The lowest BCUT2D eigenvalue weighted by atomic mass is 10.4. The highest BCUT2D eigenvalue weighted by atomic mass is 16.5. The molecule has 2 heterocycles. The van der Waals surface area contributed by atoms with Gasteiger partial charge in [-0.15, -0.1) is 0 Å². The fourth-order valence-electron chi connectivity index (χ4n) is 1.00. The summed E-state index contributed by atoms with van der Waals surface area (Å²) in [5.74, 6) is 0.904. The number of rotatable bonds is 0. The number of aryl methyl sites for hydroxylation is 1. The molecule has 1 aliphatic rings. The summed E-state index contributed by atoms with van der Waals surface area (Å²) in [6.07, 6.45) is 2.84. The monoisotopic (exact) mass is 124 g/mol. The van der Waals surface area contributed by atoms with Crippen molar-refractivity contribution in [3.8, 4) is 5.88 Å². The van der Waals surface area contributed by atoms with Crippen LogP contribution in [0.4, 0.5) is 0 Å². The van der Waals surface area contributed by atoms with Gasteiger partial charge in [-0.25, -0.2) is 4.68 Å². The van der Waals surface area contributed by atoms with Crippen LogP contribution in [-0.2, 0) is 6.54 Å². The van der Waals surface area contributed by atoms with Crippen molar-refractivity contribution in [2.24, 2.45) is 0 Å². The summed E-state index contributed by atoms with van der Waals surface area (Å²) in [7, 11) is 0. The summed E-state index contributed by atoms with van der Waals surface area (Å²) in [6, 6.07) is 1.89. The van der Waals surface area contributed by atoms with Gasteiger partial charge in [0.05, 0.1) is 12.8 Å². The van der Waals surface area contributed by atoms with Gasteiger partial charge in [0.15, 0.2) is 0 Å². The van der Waals surface area contributed by atoms with Gasteiger partial charge in [0.2, 0.25) is 5.88 Å². The summed E-state index contributed by atoms with van der Waals surface area (Å²) < 4.78 is 7.14. The summed E-state index contributed by atoms with van der Waals surface area (Å²) >= 11 is 0. The number of hydrogen-bond donors (Lipinski definition) is 0. The molecule has 1 aromatic heterocycles. The number of ether oxygens (including phenoxy) is 1. The molecule has 1 aliphatic heterocycles. The molecular formula is C6H8N2O. The normalized spacial score (nSPS) is 16.4. The molecule has 0 fully saturated rings. The van der Waals surface area contributed by atoms with Crippen LogP contribution in [0.5, 0.6) is 5.88 Å². The Balaban J connectivity index is 2.39. The van der Waals surface area contributed by atoms with Gasteiger partial charge in [-0.05, 0) is 0 Å². The first-order valence-electron chi connectivity index (χ1n) is 3.11. The summed E-state index contributed by atoms with van der Waals surface area (Å²) in [5.41, 5.74) is 0. The minimum absolute atomic E-state index is 0.839. The van der Waals surface area contributed by atoms with Crippen molar-refractivity contribution in [1.82, 2.24) is 9.78 Å². The maximum atomic E-state index is 5.26. The first-order valence-corrected chi connectivity index (χ1v) is 3.11. The Morgan fingerprint density at radius 1 is 1.67 bits per heavy atom. The minimum atomic E-state index is 0.839. The van der Waals surface area contributed by atoms with E-state index in [9.17, 15) is 0 Å². The SMILES string of the molecule is c1cc2n(n1)CCCO2. The molecule has 0 amide bonds. The molecule has 0 bridgehead atoms. The first kappa shape index (κ1) is 4.85. The molecular weight excluding hydrogens is 116 g/mol. The molecule has 0 aromatic carbocycles. The van der Waals surface area contributed by atoms with Gasteiger partial charge in [0.1, 0.15) is 0 Å². The Labute approximate surface area is 53.2 Å². The van der Waals surface area contributed by atoms with E-state index in [-0.39, 0.29) is 0 Å². The second kappa shape index (κ2) is 1.76. The maximum Gasteiger partial charge on any atom is 0.211 e.